The second-order valence-corrected chi connectivity index (χ2v) is 10.3. The molecule has 1 heterocycles. The average Bonchev–Trinajstić information content (AvgIpc) is 2.13. The van der Waals surface area contributed by atoms with Gasteiger partial charge in [0, 0.05) is 21.2 Å². The van der Waals surface area contributed by atoms with E-state index in [4.69, 9.17) is 5.73 Å². The summed E-state index contributed by atoms with van der Waals surface area (Å²) in [6.45, 7) is 2.32. The van der Waals surface area contributed by atoms with Crippen LogP contribution in [0.4, 0.5) is 0 Å². The molecule has 0 aliphatic carbocycles. The van der Waals surface area contributed by atoms with Gasteiger partial charge in [-0.1, -0.05) is 18.7 Å². The predicted octanol–water partition coefficient (Wildman–Crippen LogP) is 2.42. The normalized spacial score (nSPS) is 25.2. The fourth-order valence-corrected chi connectivity index (χ4v) is 6.95. The predicted molar refractivity (Wildman–Crippen MR) is 64.0 cm³/mol. The lowest BCUT2D eigenvalue weighted by Gasteiger charge is -1.92. The number of nitrogens with zero attached hydrogens (tertiary/aromatic N) is 1. The Bertz CT molecular complexity index is 201. The first-order valence-corrected chi connectivity index (χ1v) is 8.75. The molecule has 1 atom stereocenters. The lowest BCUT2D eigenvalue weighted by molar-refractivity contribution is 1.54. The van der Waals surface area contributed by atoms with Gasteiger partial charge in [-0.05, 0) is 23.2 Å². The van der Waals surface area contributed by atoms with Crippen LogP contribution in [0, 0.1) is 0 Å². The van der Waals surface area contributed by atoms with Gasteiger partial charge in [-0.15, -0.1) is 0 Å². The Kier molecular flexibility index (Phi) is 3.89. The fourth-order valence-electron chi connectivity index (χ4n) is 0.457. The molecule has 0 spiro atoms. The van der Waals surface area contributed by atoms with Crippen LogP contribution in [-0.4, -0.2) is 15.2 Å². The van der Waals surface area contributed by atoms with Crippen LogP contribution in [0.1, 0.15) is 6.92 Å². The number of halogens is 1. The smallest absolute Gasteiger partial charge is 0.171 e. The molecule has 0 radical (unpaired) electrons. The molecule has 0 saturated carbocycles. The lowest BCUT2D eigenvalue weighted by Crippen LogP contribution is -2.02. The van der Waals surface area contributed by atoms with Crippen LogP contribution in [0.15, 0.2) is 4.99 Å². The van der Waals surface area contributed by atoms with E-state index in [1.807, 2.05) is 0 Å². The summed E-state index contributed by atoms with van der Waals surface area (Å²) in [5.74, 6) is 1.08. The number of hydrogen-bond acceptors (Lipinski definition) is 4. The zero-order valence-electron chi connectivity index (χ0n) is 5.33. The van der Waals surface area contributed by atoms with Gasteiger partial charge in [-0.3, -0.25) is 0 Å². The molecular formula is C4H7IN2S3. The Hall–Kier alpha value is 1.12. The molecule has 1 rings (SSSR count). The highest BCUT2D eigenvalue weighted by atomic mass is 127. The molecule has 0 bridgehead atoms. The molecule has 0 aromatic rings. The summed E-state index contributed by atoms with van der Waals surface area (Å²) < 4.78 is 1.19. The van der Waals surface area contributed by atoms with Crippen molar-refractivity contribution in [3.8, 4) is 0 Å². The summed E-state index contributed by atoms with van der Waals surface area (Å²) in [7, 11) is 1.65. The van der Waals surface area contributed by atoms with E-state index in [1.165, 1.54) is 4.32 Å². The molecule has 0 fully saturated rings. The fraction of sp³-hybridized carbons (Fsp3) is 0.500. The van der Waals surface area contributed by atoms with Crippen molar-refractivity contribution in [3.05, 3.63) is 0 Å². The Morgan fingerprint density at radius 1 is 1.90 bits per heavy atom. The van der Waals surface area contributed by atoms with Crippen LogP contribution in [0.3, 0.4) is 0 Å². The van der Waals surface area contributed by atoms with Gasteiger partial charge in [-0.2, -0.15) is 0 Å². The van der Waals surface area contributed by atoms with Crippen LogP contribution >= 0.6 is 50.4 Å². The topological polar surface area (TPSA) is 38.4 Å². The quantitative estimate of drug-likeness (QED) is 0.459. The minimum absolute atomic E-state index is 0.197. The van der Waals surface area contributed by atoms with Crippen molar-refractivity contribution in [2.45, 2.75) is 6.92 Å². The van der Waals surface area contributed by atoms with Gasteiger partial charge in [0.05, 0.1) is 0 Å². The van der Waals surface area contributed by atoms with Crippen molar-refractivity contribution in [1.82, 2.24) is 0 Å². The highest BCUT2D eigenvalue weighted by Crippen LogP contribution is 2.46. The van der Waals surface area contributed by atoms with Gasteiger partial charge in [0.1, 0.15) is 4.32 Å². The maximum absolute atomic E-state index is 5.53. The highest BCUT2D eigenvalue weighted by Gasteiger charge is 2.12. The summed E-state index contributed by atoms with van der Waals surface area (Å²) in [6.07, 6.45) is 0. The second-order valence-electron chi connectivity index (χ2n) is 1.46. The maximum atomic E-state index is 5.53. The minimum Gasteiger partial charge on any atom is -0.377 e. The van der Waals surface area contributed by atoms with Gasteiger partial charge >= 0.3 is 0 Å². The monoisotopic (exact) mass is 306 g/mol. The van der Waals surface area contributed by atoms with Gasteiger partial charge in [0.25, 0.3) is 0 Å². The van der Waals surface area contributed by atoms with E-state index >= 15 is 0 Å². The number of nitrogens with two attached hydrogens (primary N) is 1. The van der Waals surface area contributed by atoms with Crippen molar-refractivity contribution < 1.29 is 0 Å². The third kappa shape index (κ3) is 2.31. The van der Waals surface area contributed by atoms with E-state index in [-0.39, 0.29) is 6.69 Å². The lowest BCUT2D eigenvalue weighted by atomic mass is 11.0. The summed E-state index contributed by atoms with van der Waals surface area (Å²) in [5.41, 5.74) is 5.53. The molecule has 0 aromatic carbocycles. The van der Waals surface area contributed by atoms with E-state index in [9.17, 15) is 0 Å². The highest BCUT2D eigenvalue weighted by molar-refractivity contribution is 14.2. The van der Waals surface area contributed by atoms with Crippen molar-refractivity contribution in [2.75, 3.05) is 5.75 Å². The third-order valence-corrected chi connectivity index (χ3v) is 8.53. The van der Waals surface area contributed by atoms with Gasteiger partial charge in [0.2, 0.25) is 0 Å². The zero-order valence-corrected chi connectivity index (χ0v) is 9.94. The molecule has 2 N–H and O–H groups in total. The molecule has 0 amide bonds. The molecule has 10 heavy (non-hydrogen) atoms. The number of thioether (sulfide) groups is 1. The molecule has 1 unspecified atom stereocenters. The Morgan fingerprint density at radius 2 is 2.60 bits per heavy atom. The summed E-state index contributed by atoms with van der Waals surface area (Å²) in [6, 6.07) is 0. The number of hydrogen-bond donors (Lipinski definition) is 1. The van der Waals surface area contributed by atoms with Crippen LogP contribution in [0.2, 0.25) is 0 Å². The van der Waals surface area contributed by atoms with Crippen molar-refractivity contribution in [1.29, 1.82) is 0 Å². The molecule has 58 valence electrons. The summed E-state index contributed by atoms with van der Waals surface area (Å²) >= 11 is 4.15. The van der Waals surface area contributed by atoms with Gasteiger partial charge in [-0.25, -0.2) is 4.99 Å². The van der Waals surface area contributed by atoms with E-state index in [0.717, 1.165) is 5.75 Å². The standard InChI is InChI=1S/C4H7IN2S3/c1-2-8-4-7-3(6)9-10(4)5/h2H2,1H3,(H2,6,7). The molecule has 1 aliphatic rings. The van der Waals surface area contributed by atoms with E-state index in [2.05, 4.69) is 33.1 Å². The average molecular weight is 306 g/mol. The first-order chi connectivity index (χ1) is 4.74. The largest absolute Gasteiger partial charge is 0.377 e. The Balaban J connectivity index is 2.62. The van der Waals surface area contributed by atoms with Crippen LogP contribution in [0.5, 0.6) is 0 Å². The molecule has 1 aliphatic heterocycles. The van der Waals surface area contributed by atoms with E-state index < -0.39 is 0 Å². The SMILES string of the molecule is CCSC1=S(I)SC(N)=N1. The molecule has 0 aromatic heterocycles. The van der Waals surface area contributed by atoms with Crippen molar-refractivity contribution in [2.24, 2.45) is 10.7 Å². The first kappa shape index (κ1) is 9.21. The minimum atomic E-state index is 0.197. The summed E-state index contributed by atoms with van der Waals surface area (Å²) in [4.78, 5) is 4.20. The second kappa shape index (κ2) is 4.22. The van der Waals surface area contributed by atoms with Crippen LogP contribution < -0.4 is 5.73 Å². The Labute approximate surface area is 82.7 Å². The first-order valence-electron chi connectivity index (χ1n) is 2.67. The Morgan fingerprint density at radius 3 is 3.00 bits per heavy atom. The van der Waals surface area contributed by atoms with Crippen LogP contribution in [0.25, 0.3) is 0 Å². The molecule has 2 nitrogen and oxygen atoms in total. The van der Waals surface area contributed by atoms with Crippen molar-refractivity contribution >= 4 is 59.9 Å². The molecule has 6 heteroatoms. The van der Waals surface area contributed by atoms with Gasteiger partial charge < -0.3 is 5.73 Å². The van der Waals surface area contributed by atoms with Gasteiger partial charge in [0.15, 0.2) is 5.17 Å². The zero-order chi connectivity index (χ0) is 7.56. The van der Waals surface area contributed by atoms with Crippen molar-refractivity contribution in [3.63, 3.8) is 0 Å². The van der Waals surface area contributed by atoms with Crippen LogP contribution in [-0.2, 0) is 0 Å². The number of aliphatic imine (C=N–C) groups is 1. The number of amidine groups is 1. The number of rotatable bonds is 1. The molecular weight excluding hydrogens is 299 g/mol. The van der Waals surface area contributed by atoms with E-state index in [0.29, 0.717) is 5.17 Å². The maximum Gasteiger partial charge on any atom is 0.171 e. The summed E-state index contributed by atoms with van der Waals surface area (Å²) in [5, 5.41) is 0.716. The third-order valence-electron chi connectivity index (χ3n) is 0.765. The van der Waals surface area contributed by atoms with E-state index in [1.54, 1.807) is 22.6 Å². The molecule has 0 saturated heterocycles.